The SMILES string of the molecule is CCCCC(CC)CC(C)(C)OC(=O)CCCCCC(C)(C)OC(=O)NCCOCCOC(=O)C(C)(CC(C)(C)C)C(C)C. The van der Waals surface area contributed by atoms with E-state index in [2.05, 4.69) is 39.9 Å². The lowest BCUT2D eigenvalue weighted by Crippen LogP contribution is -2.39. The molecule has 260 valence electrons. The van der Waals surface area contributed by atoms with E-state index in [1.807, 2.05) is 48.5 Å². The fraction of sp³-hybridized carbons (Fsp3) is 0.917. The molecule has 0 fully saturated rings. The van der Waals surface area contributed by atoms with Crippen LogP contribution in [0.15, 0.2) is 0 Å². The molecule has 8 nitrogen and oxygen atoms in total. The van der Waals surface area contributed by atoms with Gasteiger partial charge in [-0.2, -0.15) is 0 Å². The Morgan fingerprint density at radius 3 is 2.00 bits per heavy atom. The molecule has 0 bridgehead atoms. The quantitative estimate of drug-likeness (QED) is 0.0685. The molecule has 44 heavy (non-hydrogen) atoms. The molecule has 0 saturated carbocycles. The molecule has 1 N–H and O–H groups in total. The smallest absolute Gasteiger partial charge is 0.407 e. The molecule has 2 atom stereocenters. The number of carbonyl (C=O) groups excluding carboxylic acids is 3. The zero-order valence-corrected chi connectivity index (χ0v) is 30.6. The van der Waals surface area contributed by atoms with E-state index in [-0.39, 0.29) is 36.5 Å². The van der Waals surface area contributed by atoms with Gasteiger partial charge in [-0.1, -0.05) is 80.6 Å². The number of unbranched alkanes of at least 4 members (excludes halogenated alkanes) is 3. The summed E-state index contributed by atoms with van der Waals surface area (Å²) in [6, 6.07) is 0. The normalized spacial score (nSPS) is 14.6. The molecule has 0 aliphatic carbocycles. The van der Waals surface area contributed by atoms with Gasteiger partial charge < -0.3 is 24.3 Å². The van der Waals surface area contributed by atoms with Crippen LogP contribution in [0.2, 0.25) is 0 Å². The van der Waals surface area contributed by atoms with E-state index in [0.717, 1.165) is 38.5 Å². The van der Waals surface area contributed by atoms with Crippen molar-refractivity contribution in [3.63, 3.8) is 0 Å². The molecule has 0 aliphatic rings. The van der Waals surface area contributed by atoms with Crippen molar-refractivity contribution in [3.8, 4) is 0 Å². The van der Waals surface area contributed by atoms with Gasteiger partial charge >= 0.3 is 18.0 Å². The van der Waals surface area contributed by atoms with Gasteiger partial charge in [0.1, 0.15) is 17.8 Å². The van der Waals surface area contributed by atoms with Gasteiger partial charge in [-0.25, -0.2) is 4.79 Å². The summed E-state index contributed by atoms with van der Waals surface area (Å²) in [5.41, 5.74) is -1.59. The van der Waals surface area contributed by atoms with Crippen molar-refractivity contribution in [2.75, 3.05) is 26.4 Å². The molecule has 1 amide bonds. The fourth-order valence-electron chi connectivity index (χ4n) is 5.67. The highest BCUT2D eigenvalue weighted by molar-refractivity contribution is 5.76. The maximum Gasteiger partial charge on any atom is 0.407 e. The second kappa shape index (κ2) is 20.3. The van der Waals surface area contributed by atoms with Crippen molar-refractivity contribution in [1.29, 1.82) is 0 Å². The van der Waals surface area contributed by atoms with Crippen LogP contribution in [-0.2, 0) is 28.5 Å². The number of alkyl carbamates (subject to hydrolysis) is 1. The first-order chi connectivity index (χ1) is 20.3. The minimum atomic E-state index is -0.620. The van der Waals surface area contributed by atoms with Crippen LogP contribution in [0.4, 0.5) is 4.79 Å². The lowest BCUT2D eigenvalue weighted by atomic mass is 9.69. The maximum atomic E-state index is 12.8. The molecular formula is C36H69NO7. The lowest BCUT2D eigenvalue weighted by molar-refractivity contribution is -0.161. The molecule has 0 spiro atoms. The Kier molecular flexibility index (Phi) is 19.5. The number of amides is 1. The maximum absolute atomic E-state index is 12.8. The van der Waals surface area contributed by atoms with Gasteiger partial charge in [0.2, 0.25) is 0 Å². The number of hydrogen-bond acceptors (Lipinski definition) is 7. The van der Waals surface area contributed by atoms with Gasteiger partial charge in [-0.05, 0) is 84.0 Å². The molecule has 0 aromatic carbocycles. The molecule has 0 radical (unpaired) electrons. The number of esters is 2. The minimum Gasteiger partial charge on any atom is -0.463 e. The summed E-state index contributed by atoms with van der Waals surface area (Å²) in [6.07, 6.45) is 9.43. The highest BCUT2D eigenvalue weighted by Gasteiger charge is 2.41. The summed E-state index contributed by atoms with van der Waals surface area (Å²) in [5.74, 6) is 0.420. The third-order valence-electron chi connectivity index (χ3n) is 8.36. The van der Waals surface area contributed by atoms with Gasteiger partial charge in [0.25, 0.3) is 0 Å². The van der Waals surface area contributed by atoms with Crippen LogP contribution in [0.25, 0.3) is 0 Å². The Balaban J connectivity index is 4.17. The minimum absolute atomic E-state index is 0.0162. The van der Waals surface area contributed by atoms with Crippen LogP contribution in [0.1, 0.15) is 154 Å². The van der Waals surface area contributed by atoms with Crippen LogP contribution in [0, 0.1) is 22.7 Å². The van der Waals surface area contributed by atoms with Crippen molar-refractivity contribution in [1.82, 2.24) is 5.32 Å². The zero-order chi connectivity index (χ0) is 34.0. The molecule has 0 aromatic rings. The van der Waals surface area contributed by atoms with E-state index in [1.54, 1.807) is 0 Å². The number of rotatable bonds is 23. The first-order valence-corrected chi connectivity index (χ1v) is 17.2. The number of nitrogens with one attached hydrogen (secondary N) is 1. The van der Waals surface area contributed by atoms with Crippen LogP contribution >= 0.6 is 0 Å². The van der Waals surface area contributed by atoms with Crippen LogP contribution in [0.5, 0.6) is 0 Å². The van der Waals surface area contributed by atoms with E-state index in [4.69, 9.17) is 18.9 Å². The predicted octanol–water partition coefficient (Wildman–Crippen LogP) is 9.03. The molecule has 0 aliphatic heterocycles. The largest absolute Gasteiger partial charge is 0.463 e. The van der Waals surface area contributed by atoms with Crippen LogP contribution in [-0.4, -0.2) is 55.6 Å². The van der Waals surface area contributed by atoms with Gasteiger partial charge in [0.15, 0.2) is 0 Å². The van der Waals surface area contributed by atoms with E-state index in [9.17, 15) is 14.4 Å². The molecular weight excluding hydrogens is 558 g/mol. The highest BCUT2D eigenvalue weighted by Crippen LogP contribution is 2.40. The van der Waals surface area contributed by atoms with Gasteiger partial charge in [-0.3, -0.25) is 9.59 Å². The summed E-state index contributed by atoms with van der Waals surface area (Å²) < 4.78 is 22.5. The molecule has 0 heterocycles. The highest BCUT2D eigenvalue weighted by atomic mass is 16.6. The number of ether oxygens (including phenoxy) is 4. The first kappa shape index (κ1) is 42.2. The molecule has 0 saturated heterocycles. The van der Waals surface area contributed by atoms with Crippen molar-refractivity contribution in [2.24, 2.45) is 22.7 Å². The Hall–Kier alpha value is -1.83. The predicted molar refractivity (Wildman–Crippen MR) is 179 cm³/mol. The van der Waals surface area contributed by atoms with Crippen molar-refractivity contribution in [2.45, 2.75) is 165 Å². The van der Waals surface area contributed by atoms with E-state index < -0.39 is 22.7 Å². The summed E-state index contributed by atoms with van der Waals surface area (Å²) in [4.78, 5) is 37.5. The topological polar surface area (TPSA) is 100 Å². The Morgan fingerprint density at radius 1 is 0.773 bits per heavy atom. The third kappa shape index (κ3) is 19.5. The van der Waals surface area contributed by atoms with Crippen molar-refractivity contribution >= 4 is 18.0 Å². The molecule has 0 aromatic heterocycles. The summed E-state index contributed by atoms with van der Waals surface area (Å²) in [7, 11) is 0. The van der Waals surface area contributed by atoms with Crippen molar-refractivity contribution < 1.29 is 33.3 Å². The standard InChI is InChI=1S/C36H69NO7/c1-13-15-19-29(14-2)26-35(10,11)43-30(38)20-17-16-18-21-34(8,9)44-32(40)37-22-23-41-24-25-42-31(39)36(12,28(3)4)27-33(5,6)7/h28-29H,13-27H2,1-12H3,(H,37,40). The third-order valence-corrected chi connectivity index (χ3v) is 8.36. The first-order valence-electron chi connectivity index (χ1n) is 17.2. The Labute approximate surface area is 270 Å². The average Bonchev–Trinajstić information content (AvgIpc) is 2.88. The lowest BCUT2D eigenvalue weighted by Gasteiger charge is -2.36. The number of hydrogen-bond donors (Lipinski definition) is 1. The molecule has 2 unspecified atom stereocenters. The fourth-order valence-corrected chi connectivity index (χ4v) is 5.67. The second-order valence-corrected chi connectivity index (χ2v) is 15.5. The monoisotopic (exact) mass is 628 g/mol. The van der Waals surface area contributed by atoms with E-state index >= 15 is 0 Å². The summed E-state index contributed by atoms with van der Waals surface area (Å²) >= 11 is 0. The van der Waals surface area contributed by atoms with Gasteiger partial charge in [0, 0.05) is 13.0 Å². The van der Waals surface area contributed by atoms with Gasteiger partial charge in [0.05, 0.1) is 18.6 Å². The second-order valence-electron chi connectivity index (χ2n) is 15.5. The average molecular weight is 628 g/mol. The van der Waals surface area contributed by atoms with Crippen LogP contribution < -0.4 is 5.32 Å². The molecule has 0 rings (SSSR count). The van der Waals surface area contributed by atoms with E-state index in [0.29, 0.717) is 31.9 Å². The summed E-state index contributed by atoms with van der Waals surface area (Å²) in [6.45, 7) is 25.7. The van der Waals surface area contributed by atoms with Gasteiger partial charge in [-0.15, -0.1) is 0 Å². The van der Waals surface area contributed by atoms with Crippen LogP contribution in [0.3, 0.4) is 0 Å². The number of carbonyl (C=O) groups is 3. The van der Waals surface area contributed by atoms with Crippen molar-refractivity contribution in [3.05, 3.63) is 0 Å². The summed E-state index contributed by atoms with van der Waals surface area (Å²) in [5, 5.41) is 2.72. The van der Waals surface area contributed by atoms with E-state index in [1.165, 1.54) is 19.3 Å². The Bertz CT molecular complexity index is 831. The Morgan fingerprint density at radius 2 is 1.43 bits per heavy atom. The zero-order valence-electron chi connectivity index (χ0n) is 30.6. The molecule has 8 heteroatoms.